The number of hydrogen-bond donors (Lipinski definition) is 3. The predicted molar refractivity (Wildman–Crippen MR) is 255 cm³/mol. The van der Waals surface area contributed by atoms with Crippen LogP contribution in [0.4, 0.5) is 0 Å². The Kier molecular flexibility index (Phi) is 44.2. The smallest absolute Gasteiger partial charge is 0.306 e. The van der Waals surface area contributed by atoms with Gasteiger partial charge in [-0.05, 0) is 64.2 Å². The molecule has 0 heterocycles. The van der Waals surface area contributed by atoms with Crippen LogP contribution in [-0.4, -0.2) is 46.9 Å². The Bertz CT molecular complexity index is 1110. The summed E-state index contributed by atoms with van der Waals surface area (Å²) in [4.78, 5) is 26.1. The van der Waals surface area contributed by atoms with E-state index < -0.39 is 18.2 Å². The van der Waals surface area contributed by atoms with E-state index in [1.54, 1.807) is 0 Å². The molecule has 0 saturated heterocycles. The van der Waals surface area contributed by atoms with Gasteiger partial charge in [-0.2, -0.15) is 0 Å². The lowest BCUT2D eigenvalue weighted by molar-refractivity contribution is -0.151. The third kappa shape index (κ3) is 41.8. The van der Waals surface area contributed by atoms with Crippen molar-refractivity contribution in [2.75, 3.05) is 6.61 Å². The van der Waals surface area contributed by atoms with Gasteiger partial charge in [0.25, 0.3) is 0 Å². The van der Waals surface area contributed by atoms with Gasteiger partial charge >= 0.3 is 5.97 Å². The zero-order chi connectivity index (χ0) is 43.1. The quantitative estimate of drug-likeness (QED) is 0.0246. The maximum absolute atomic E-state index is 13.2. The summed E-state index contributed by atoms with van der Waals surface area (Å²) in [6.07, 6.45) is 58.2. The third-order valence-corrected chi connectivity index (χ3v) is 10.9. The molecule has 0 aliphatic heterocycles. The predicted octanol–water partition coefficient (Wildman–Crippen LogP) is 14.6. The maximum Gasteiger partial charge on any atom is 0.306 e. The molecule has 0 saturated carbocycles. The topological polar surface area (TPSA) is 95.9 Å². The summed E-state index contributed by atoms with van der Waals surface area (Å²) in [7, 11) is 0. The minimum Gasteiger partial charge on any atom is -0.462 e. The van der Waals surface area contributed by atoms with E-state index in [2.05, 4.69) is 50.4 Å². The van der Waals surface area contributed by atoms with Crippen molar-refractivity contribution in [3.63, 3.8) is 0 Å². The molecule has 3 atom stereocenters. The number of esters is 1. The first-order valence-corrected chi connectivity index (χ1v) is 24.7. The van der Waals surface area contributed by atoms with Crippen molar-refractivity contribution in [2.45, 2.75) is 244 Å². The number of nitrogens with one attached hydrogen (secondary N) is 1. The highest BCUT2D eigenvalue weighted by atomic mass is 16.5. The molecule has 6 nitrogen and oxygen atoms in total. The van der Waals surface area contributed by atoms with Crippen LogP contribution in [0, 0.1) is 0 Å². The molecule has 340 valence electrons. The van der Waals surface area contributed by atoms with E-state index in [1.807, 2.05) is 48.6 Å². The first-order valence-electron chi connectivity index (χ1n) is 24.7. The van der Waals surface area contributed by atoms with E-state index in [0.29, 0.717) is 19.3 Å². The van der Waals surface area contributed by atoms with Gasteiger partial charge in [0.2, 0.25) is 5.91 Å². The normalized spacial score (nSPS) is 13.9. The molecule has 0 aliphatic carbocycles. The molecule has 0 aliphatic rings. The maximum atomic E-state index is 13.2. The summed E-state index contributed by atoms with van der Waals surface area (Å²) in [6, 6.07) is -0.726. The highest BCUT2D eigenvalue weighted by Gasteiger charge is 2.24. The van der Waals surface area contributed by atoms with Crippen molar-refractivity contribution in [3.8, 4) is 0 Å². The van der Waals surface area contributed by atoms with Crippen LogP contribution in [0.3, 0.4) is 0 Å². The monoisotopic (exact) mass is 824 g/mol. The molecular formula is C53H93NO5. The van der Waals surface area contributed by atoms with E-state index >= 15 is 0 Å². The summed E-state index contributed by atoms with van der Waals surface area (Å²) in [5.74, 6) is -0.554. The average Bonchev–Trinajstić information content (AvgIpc) is 3.23. The van der Waals surface area contributed by atoms with E-state index in [1.165, 1.54) is 122 Å². The molecule has 0 aromatic heterocycles. The van der Waals surface area contributed by atoms with Gasteiger partial charge in [0.05, 0.1) is 25.2 Å². The first-order chi connectivity index (χ1) is 29.0. The van der Waals surface area contributed by atoms with Gasteiger partial charge in [0.1, 0.15) is 6.10 Å². The van der Waals surface area contributed by atoms with Crippen molar-refractivity contribution >= 4 is 11.9 Å². The molecule has 0 aromatic rings. The fourth-order valence-electron chi connectivity index (χ4n) is 7.16. The lowest BCUT2D eigenvalue weighted by Crippen LogP contribution is -2.46. The van der Waals surface area contributed by atoms with E-state index in [0.717, 1.165) is 57.8 Å². The Balaban J connectivity index is 4.70. The fraction of sp³-hybridized carbons (Fsp3) is 0.736. The van der Waals surface area contributed by atoms with Crippen molar-refractivity contribution < 1.29 is 24.5 Å². The van der Waals surface area contributed by atoms with E-state index in [4.69, 9.17) is 4.74 Å². The molecule has 3 N–H and O–H groups in total. The number of carbonyl (C=O) groups is 2. The molecule has 0 radical (unpaired) electrons. The Labute approximate surface area is 364 Å². The van der Waals surface area contributed by atoms with Crippen LogP contribution in [0.5, 0.6) is 0 Å². The second kappa shape index (κ2) is 46.4. The Morgan fingerprint density at radius 3 is 1.47 bits per heavy atom. The zero-order valence-electron chi connectivity index (χ0n) is 38.6. The minimum absolute atomic E-state index is 0.0248. The van der Waals surface area contributed by atoms with Crippen molar-refractivity contribution in [2.24, 2.45) is 0 Å². The molecule has 0 aromatic carbocycles. The number of ether oxygens (including phenoxy) is 1. The number of rotatable bonds is 43. The lowest BCUT2D eigenvalue weighted by Gasteiger charge is -2.24. The van der Waals surface area contributed by atoms with E-state index in [9.17, 15) is 19.8 Å². The van der Waals surface area contributed by atoms with Crippen LogP contribution in [0.25, 0.3) is 0 Å². The van der Waals surface area contributed by atoms with Gasteiger partial charge in [-0.3, -0.25) is 9.59 Å². The number of allylic oxidation sites excluding steroid dienone is 12. The van der Waals surface area contributed by atoms with Crippen molar-refractivity contribution in [1.82, 2.24) is 5.32 Å². The molecular weight excluding hydrogens is 731 g/mol. The third-order valence-electron chi connectivity index (χ3n) is 10.9. The number of amides is 1. The molecule has 6 heteroatoms. The van der Waals surface area contributed by atoms with Gasteiger partial charge in [-0.1, -0.05) is 222 Å². The largest absolute Gasteiger partial charge is 0.462 e. The van der Waals surface area contributed by atoms with Crippen LogP contribution in [-0.2, 0) is 14.3 Å². The van der Waals surface area contributed by atoms with Crippen LogP contribution in [0.1, 0.15) is 226 Å². The molecule has 1 amide bonds. The average molecular weight is 824 g/mol. The highest BCUT2D eigenvalue weighted by Crippen LogP contribution is 2.17. The second-order valence-electron chi connectivity index (χ2n) is 16.6. The SMILES string of the molecule is CC/C=C/C=C/C=C\C=C/C=C/CCCC(CC(=O)NC(CO)C(O)CCCCCCCCCCCCCC)OC(=O)CCCCCCCCC/C=C\CCCCCC. The summed E-state index contributed by atoms with van der Waals surface area (Å²) >= 11 is 0. The molecule has 0 fully saturated rings. The molecule has 0 bridgehead atoms. The second-order valence-corrected chi connectivity index (χ2v) is 16.6. The number of aliphatic hydroxyl groups is 2. The van der Waals surface area contributed by atoms with Crippen LogP contribution in [0.15, 0.2) is 72.9 Å². The molecule has 0 rings (SSSR count). The number of unbranched alkanes of at least 4 members (excludes halogenated alkanes) is 23. The van der Waals surface area contributed by atoms with Gasteiger partial charge < -0.3 is 20.3 Å². The zero-order valence-corrected chi connectivity index (χ0v) is 38.6. The van der Waals surface area contributed by atoms with E-state index in [-0.39, 0.29) is 24.9 Å². The summed E-state index contributed by atoms with van der Waals surface area (Å²) < 4.78 is 5.88. The Morgan fingerprint density at radius 1 is 0.508 bits per heavy atom. The Morgan fingerprint density at radius 2 is 0.949 bits per heavy atom. The summed E-state index contributed by atoms with van der Waals surface area (Å²) in [6.45, 7) is 6.29. The number of aliphatic hydroxyl groups excluding tert-OH is 2. The molecule has 59 heavy (non-hydrogen) atoms. The number of hydrogen-bond acceptors (Lipinski definition) is 5. The van der Waals surface area contributed by atoms with Gasteiger partial charge in [-0.25, -0.2) is 0 Å². The minimum atomic E-state index is -0.808. The molecule has 3 unspecified atom stereocenters. The fourth-order valence-corrected chi connectivity index (χ4v) is 7.16. The van der Waals surface area contributed by atoms with Crippen LogP contribution >= 0.6 is 0 Å². The summed E-state index contributed by atoms with van der Waals surface area (Å²) in [5, 5.41) is 23.7. The van der Waals surface area contributed by atoms with Crippen molar-refractivity contribution in [1.29, 1.82) is 0 Å². The standard InChI is InChI=1S/C53H93NO5/c1-4-7-10-13-16-19-22-25-26-28-31-34-37-40-43-46-53(58)59-49(44-41-38-35-32-29-27-23-20-17-14-11-8-5-2)47-52(57)54-50(48-55)51(56)45-42-39-36-33-30-24-21-18-15-12-9-6-3/h8,11,14,17,19-20,22-23,27,29,32,35,49-51,55-56H,4-7,9-10,12-13,15-16,18,21,24-26,28,30-31,33-34,36-48H2,1-3H3,(H,54,57)/b11-8+,17-14+,22-19-,23-20-,29-27-,35-32+. The Hall–Kier alpha value is -2.70. The van der Waals surface area contributed by atoms with Gasteiger partial charge in [0.15, 0.2) is 0 Å². The first kappa shape index (κ1) is 56.3. The number of carbonyl (C=O) groups excluding carboxylic acids is 2. The van der Waals surface area contributed by atoms with Crippen LogP contribution in [0.2, 0.25) is 0 Å². The van der Waals surface area contributed by atoms with Crippen molar-refractivity contribution in [3.05, 3.63) is 72.9 Å². The van der Waals surface area contributed by atoms with Gasteiger partial charge in [0, 0.05) is 6.42 Å². The molecule has 0 spiro atoms. The lowest BCUT2D eigenvalue weighted by atomic mass is 10.0. The highest BCUT2D eigenvalue weighted by molar-refractivity contribution is 5.77. The van der Waals surface area contributed by atoms with Gasteiger partial charge in [-0.15, -0.1) is 0 Å². The van der Waals surface area contributed by atoms with Crippen LogP contribution < -0.4 is 5.32 Å². The summed E-state index contributed by atoms with van der Waals surface area (Å²) in [5.41, 5.74) is 0.